The molecule has 4 N–H and O–H groups in total. The van der Waals surface area contributed by atoms with Crippen molar-refractivity contribution in [1.29, 1.82) is 10.8 Å². The number of carbonyl (C=O) groups is 1. The van der Waals surface area contributed by atoms with Crippen LogP contribution in [0, 0.1) is 10.8 Å². The lowest BCUT2D eigenvalue weighted by atomic mass is 9.89. The van der Waals surface area contributed by atoms with Crippen molar-refractivity contribution >= 4 is 23.4 Å². The van der Waals surface area contributed by atoms with Crippen molar-refractivity contribution in [3.8, 4) is 5.75 Å². The molecule has 2 heterocycles. The van der Waals surface area contributed by atoms with Crippen LogP contribution in [0.2, 0.25) is 0 Å². The first kappa shape index (κ1) is 28.2. The zero-order valence-electron chi connectivity index (χ0n) is 20.9. The standard InChI is InChI=1S/C25H34F3N7O2/c1-18(36)34-14-12-33(13-15-34)16-17-37-21-4-2-19(3-5-21)20-8-10-35(11-9-20)23(30)7-6-22(29)32-24(31)25(26,27)28/h2-7,20,30H,8-17H2,1H3,(H3,29,31,32)/b7-6-,30-23?. The molecule has 0 radical (unpaired) electrons. The summed E-state index contributed by atoms with van der Waals surface area (Å²) in [5.41, 5.74) is 6.02. The fraction of sp³-hybridized carbons (Fsp3) is 0.520. The Balaban J connectivity index is 1.39. The highest BCUT2D eigenvalue weighted by molar-refractivity contribution is 6.05. The van der Waals surface area contributed by atoms with E-state index >= 15 is 0 Å². The van der Waals surface area contributed by atoms with E-state index in [1.807, 2.05) is 21.9 Å². The summed E-state index contributed by atoms with van der Waals surface area (Å²) < 4.78 is 43.1. The van der Waals surface area contributed by atoms with Gasteiger partial charge in [0.1, 0.15) is 24.0 Å². The van der Waals surface area contributed by atoms with E-state index in [0.29, 0.717) is 25.6 Å². The first-order valence-electron chi connectivity index (χ1n) is 12.2. The van der Waals surface area contributed by atoms with Gasteiger partial charge in [0, 0.05) is 52.7 Å². The number of piperazine rings is 1. The predicted octanol–water partition coefficient (Wildman–Crippen LogP) is 2.84. The van der Waals surface area contributed by atoms with Gasteiger partial charge in [-0.05, 0) is 48.6 Å². The molecule has 0 unspecified atom stereocenters. The van der Waals surface area contributed by atoms with Crippen molar-refractivity contribution in [2.45, 2.75) is 31.9 Å². The van der Waals surface area contributed by atoms with E-state index in [4.69, 9.17) is 21.3 Å². The molecule has 2 aliphatic heterocycles. The number of nitrogens with two attached hydrogens (primary N) is 1. The number of amidine groups is 3. The smallest absolute Gasteiger partial charge is 0.449 e. The number of ether oxygens (including phenoxy) is 1. The minimum Gasteiger partial charge on any atom is -0.492 e. The van der Waals surface area contributed by atoms with Gasteiger partial charge in [-0.3, -0.25) is 20.5 Å². The number of carbonyl (C=O) groups excluding carboxylic acids is 1. The van der Waals surface area contributed by atoms with Crippen molar-refractivity contribution in [1.82, 2.24) is 14.7 Å². The minimum atomic E-state index is -4.78. The molecule has 2 fully saturated rings. The Morgan fingerprint density at radius 2 is 1.68 bits per heavy atom. The van der Waals surface area contributed by atoms with Gasteiger partial charge in [0.15, 0.2) is 0 Å². The molecule has 1 amide bonds. The van der Waals surface area contributed by atoms with Crippen molar-refractivity contribution < 1.29 is 22.7 Å². The summed E-state index contributed by atoms with van der Waals surface area (Å²) >= 11 is 0. The summed E-state index contributed by atoms with van der Waals surface area (Å²) in [7, 11) is 0. The molecule has 2 saturated heterocycles. The third-order valence-electron chi connectivity index (χ3n) is 6.61. The van der Waals surface area contributed by atoms with E-state index in [1.54, 1.807) is 6.92 Å². The number of piperidine rings is 1. The monoisotopic (exact) mass is 521 g/mol. The zero-order valence-corrected chi connectivity index (χ0v) is 20.9. The molecule has 3 rings (SSSR count). The number of aliphatic imine (C=N–C) groups is 1. The van der Waals surface area contributed by atoms with Gasteiger partial charge in [0.25, 0.3) is 0 Å². The molecule has 1 aromatic rings. The van der Waals surface area contributed by atoms with Crippen LogP contribution >= 0.6 is 0 Å². The number of rotatable bonds is 7. The first-order valence-corrected chi connectivity index (χ1v) is 12.2. The Bertz CT molecular complexity index is 1010. The van der Waals surface area contributed by atoms with Crippen molar-refractivity contribution in [3.63, 3.8) is 0 Å². The van der Waals surface area contributed by atoms with Crippen LogP contribution in [0.1, 0.15) is 31.2 Å². The van der Waals surface area contributed by atoms with Crippen LogP contribution in [-0.2, 0) is 4.79 Å². The third kappa shape index (κ3) is 8.59. The summed E-state index contributed by atoms with van der Waals surface area (Å²) in [6.07, 6.45) is -0.810. The Hall–Kier alpha value is -3.41. The van der Waals surface area contributed by atoms with Gasteiger partial charge in [-0.1, -0.05) is 12.1 Å². The van der Waals surface area contributed by atoms with Gasteiger partial charge in [-0.15, -0.1) is 0 Å². The number of alkyl halides is 3. The summed E-state index contributed by atoms with van der Waals surface area (Å²) in [5, 5.41) is 15.6. The fourth-order valence-corrected chi connectivity index (χ4v) is 4.36. The number of hydrogen-bond donors (Lipinski definition) is 3. The fourth-order valence-electron chi connectivity index (χ4n) is 4.36. The highest BCUT2D eigenvalue weighted by atomic mass is 19.4. The van der Waals surface area contributed by atoms with Crippen molar-refractivity contribution in [3.05, 3.63) is 42.0 Å². The second kappa shape index (κ2) is 12.7. The second-order valence-corrected chi connectivity index (χ2v) is 9.13. The van der Waals surface area contributed by atoms with E-state index < -0.39 is 17.8 Å². The molecular weight excluding hydrogens is 487 g/mol. The molecule has 0 saturated carbocycles. The van der Waals surface area contributed by atoms with Crippen molar-refractivity contribution in [2.24, 2.45) is 10.7 Å². The third-order valence-corrected chi connectivity index (χ3v) is 6.61. The lowest BCUT2D eigenvalue weighted by Gasteiger charge is -2.34. The molecule has 37 heavy (non-hydrogen) atoms. The van der Waals surface area contributed by atoms with Gasteiger partial charge in [0.2, 0.25) is 11.7 Å². The average Bonchev–Trinajstić information content (AvgIpc) is 2.87. The SMILES string of the molecule is CC(=O)N1CCN(CCOc2ccc(C3CCN(C(=N)/C=C\C(=N)N=C(N)C(F)(F)F)CC3)cc2)CC1. The molecule has 0 bridgehead atoms. The van der Waals surface area contributed by atoms with Crippen LogP contribution in [0.5, 0.6) is 5.75 Å². The van der Waals surface area contributed by atoms with Crippen LogP contribution < -0.4 is 10.5 Å². The number of hydrogen-bond acceptors (Lipinski definition) is 5. The molecule has 1 aromatic carbocycles. The molecule has 0 spiro atoms. The molecular formula is C25H34F3N7O2. The molecule has 12 heteroatoms. The maximum absolute atomic E-state index is 12.4. The van der Waals surface area contributed by atoms with Crippen LogP contribution in [0.4, 0.5) is 13.2 Å². The first-order chi connectivity index (χ1) is 17.5. The number of nitrogens with one attached hydrogen (secondary N) is 2. The molecule has 0 aliphatic carbocycles. The van der Waals surface area contributed by atoms with E-state index in [9.17, 15) is 18.0 Å². The van der Waals surface area contributed by atoms with Gasteiger partial charge >= 0.3 is 6.18 Å². The summed E-state index contributed by atoms with van der Waals surface area (Å²) in [4.78, 5) is 20.4. The van der Waals surface area contributed by atoms with Gasteiger partial charge in [0.05, 0.1) is 0 Å². The van der Waals surface area contributed by atoms with Crippen molar-refractivity contribution in [2.75, 3.05) is 52.4 Å². The number of nitrogens with zero attached hydrogens (tertiary/aromatic N) is 4. The lowest BCUT2D eigenvalue weighted by Crippen LogP contribution is -2.48. The van der Waals surface area contributed by atoms with Crippen LogP contribution in [0.15, 0.2) is 41.4 Å². The van der Waals surface area contributed by atoms with Gasteiger partial charge < -0.3 is 20.3 Å². The maximum Gasteiger partial charge on any atom is 0.449 e. The van der Waals surface area contributed by atoms with Crippen LogP contribution in [0.3, 0.4) is 0 Å². The van der Waals surface area contributed by atoms with Crippen LogP contribution in [-0.4, -0.2) is 96.7 Å². The van der Waals surface area contributed by atoms with E-state index in [-0.39, 0.29) is 11.7 Å². The normalized spacial score (nSPS) is 18.3. The largest absolute Gasteiger partial charge is 0.492 e. The van der Waals surface area contributed by atoms with E-state index in [2.05, 4.69) is 22.0 Å². The zero-order chi connectivity index (χ0) is 27.0. The van der Waals surface area contributed by atoms with E-state index in [0.717, 1.165) is 57.4 Å². The topological polar surface area (TPSA) is 122 Å². The minimum absolute atomic E-state index is 0.121. The number of halogens is 3. The Morgan fingerprint density at radius 1 is 1.05 bits per heavy atom. The highest BCUT2D eigenvalue weighted by Crippen LogP contribution is 2.29. The number of benzene rings is 1. The Labute approximate surface area is 214 Å². The highest BCUT2D eigenvalue weighted by Gasteiger charge is 2.33. The van der Waals surface area contributed by atoms with Gasteiger partial charge in [-0.25, -0.2) is 4.99 Å². The molecule has 0 atom stereocenters. The Morgan fingerprint density at radius 3 is 2.24 bits per heavy atom. The maximum atomic E-state index is 12.4. The summed E-state index contributed by atoms with van der Waals surface area (Å²) in [5.74, 6) is -0.851. The second-order valence-electron chi connectivity index (χ2n) is 9.13. The number of amides is 1. The molecule has 2 aliphatic rings. The number of likely N-dealkylation sites (tertiary alicyclic amines) is 1. The van der Waals surface area contributed by atoms with Crippen LogP contribution in [0.25, 0.3) is 0 Å². The Kier molecular flexibility index (Phi) is 9.67. The predicted molar refractivity (Wildman–Crippen MR) is 136 cm³/mol. The molecule has 9 nitrogen and oxygen atoms in total. The lowest BCUT2D eigenvalue weighted by molar-refractivity contribution is -0.130. The molecule has 0 aromatic heterocycles. The van der Waals surface area contributed by atoms with Gasteiger partial charge in [-0.2, -0.15) is 13.2 Å². The summed E-state index contributed by atoms with van der Waals surface area (Å²) in [6, 6.07) is 8.08. The van der Waals surface area contributed by atoms with E-state index in [1.165, 1.54) is 11.6 Å². The summed E-state index contributed by atoms with van der Waals surface area (Å²) in [6.45, 7) is 7.49. The molecule has 202 valence electrons. The average molecular weight is 522 g/mol. The quantitative estimate of drug-likeness (QED) is 0.376.